The van der Waals surface area contributed by atoms with Gasteiger partial charge in [0, 0.05) is 38.0 Å². The molecule has 1 aromatic heterocycles. The number of nitrogens with zero attached hydrogens (tertiary/aromatic N) is 3. The van der Waals surface area contributed by atoms with Crippen molar-refractivity contribution in [1.29, 1.82) is 0 Å². The molecule has 2 heterocycles. The average molecular weight is 356 g/mol. The first kappa shape index (κ1) is 18.1. The first-order valence-electron chi connectivity index (χ1n) is 8.76. The van der Waals surface area contributed by atoms with Crippen LogP contribution in [0.5, 0.6) is 0 Å². The molecule has 0 bridgehead atoms. The lowest BCUT2D eigenvalue weighted by molar-refractivity contribution is 0.0600. The lowest BCUT2D eigenvalue weighted by Crippen LogP contribution is -2.31. The highest BCUT2D eigenvalue weighted by molar-refractivity contribution is 5.89. The highest BCUT2D eigenvalue weighted by Gasteiger charge is 2.20. The van der Waals surface area contributed by atoms with Crippen LogP contribution in [0, 0.1) is 6.92 Å². The number of ether oxygens (including phenoxy) is 1. The first-order chi connectivity index (χ1) is 12.6. The fraction of sp³-hybridized carbons (Fsp3) is 0.421. The van der Waals surface area contributed by atoms with E-state index in [1.807, 2.05) is 25.1 Å². The van der Waals surface area contributed by atoms with Gasteiger partial charge in [-0.25, -0.2) is 9.78 Å². The zero-order chi connectivity index (χ0) is 18.5. The Morgan fingerprint density at radius 1 is 1.31 bits per heavy atom. The van der Waals surface area contributed by atoms with Gasteiger partial charge in [0.25, 0.3) is 0 Å². The van der Waals surface area contributed by atoms with Crippen LogP contribution in [0.4, 0.5) is 11.8 Å². The second-order valence-electron chi connectivity index (χ2n) is 6.34. The van der Waals surface area contributed by atoms with Crippen molar-refractivity contribution in [3.05, 3.63) is 46.6 Å². The molecule has 0 aliphatic carbocycles. The summed E-state index contributed by atoms with van der Waals surface area (Å²) in [6.07, 6.45) is 1.50. The van der Waals surface area contributed by atoms with Crippen LogP contribution in [0.2, 0.25) is 0 Å². The highest BCUT2D eigenvalue weighted by Crippen LogP contribution is 2.25. The number of rotatable bonds is 6. The number of fused-ring (bicyclic) bond motifs is 1. The Morgan fingerprint density at radius 2 is 2.15 bits per heavy atom. The van der Waals surface area contributed by atoms with Gasteiger partial charge in [0.2, 0.25) is 5.95 Å². The predicted octanol–water partition coefficient (Wildman–Crippen LogP) is 1.93. The average Bonchev–Trinajstić information content (AvgIpc) is 2.66. The summed E-state index contributed by atoms with van der Waals surface area (Å²) < 4.78 is 4.80. The van der Waals surface area contributed by atoms with Gasteiger partial charge in [-0.05, 0) is 43.0 Å². The maximum Gasteiger partial charge on any atom is 0.337 e. The van der Waals surface area contributed by atoms with Crippen LogP contribution in [-0.4, -0.2) is 47.8 Å². The third kappa shape index (κ3) is 4.11. The van der Waals surface area contributed by atoms with Gasteiger partial charge in [0.05, 0.1) is 12.7 Å². The number of anilines is 2. The van der Waals surface area contributed by atoms with Crippen molar-refractivity contribution < 1.29 is 14.6 Å². The summed E-state index contributed by atoms with van der Waals surface area (Å²) >= 11 is 0. The monoisotopic (exact) mass is 356 g/mol. The van der Waals surface area contributed by atoms with Gasteiger partial charge in [-0.1, -0.05) is 6.07 Å². The Morgan fingerprint density at radius 3 is 2.92 bits per heavy atom. The SMILES string of the molecule is COC(=O)c1ccc2c(c1)CCN(c1cc(C)nc(NCCCO)n1)C2. The minimum Gasteiger partial charge on any atom is -0.465 e. The Bertz CT molecular complexity index is 794. The predicted molar refractivity (Wildman–Crippen MR) is 99.5 cm³/mol. The molecule has 2 aromatic rings. The fourth-order valence-electron chi connectivity index (χ4n) is 3.07. The number of hydrogen-bond acceptors (Lipinski definition) is 7. The van der Waals surface area contributed by atoms with Crippen LogP contribution in [0.25, 0.3) is 0 Å². The molecule has 0 unspecified atom stereocenters. The third-order valence-corrected chi connectivity index (χ3v) is 4.42. The molecule has 1 aliphatic heterocycles. The molecule has 0 radical (unpaired) electrons. The second-order valence-corrected chi connectivity index (χ2v) is 6.34. The van der Waals surface area contributed by atoms with Gasteiger partial charge in [0.1, 0.15) is 5.82 Å². The summed E-state index contributed by atoms with van der Waals surface area (Å²) in [5, 5.41) is 12.1. The number of aliphatic hydroxyl groups excluding tert-OH is 1. The summed E-state index contributed by atoms with van der Waals surface area (Å²) in [5.74, 6) is 1.16. The van der Waals surface area contributed by atoms with Gasteiger partial charge in [-0.15, -0.1) is 0 Å². The molecule has 0 atom stereocenters. The fourth-order valence-corrected chi connectivity index (χ4v) is 3.07. The molecule has 1 aliphatic rings. The molecule has 7 heteroatoms. The van der Waals surface area contributed by atoms with Gasteiger partial charge in [-0.3, -0.25) is 0 Å². The number of carbonyl (C=O) groups excluding carboxylic acids is 1. The minimum atomic E-state index is -0.305. The number of hydrogen-bond donors (Lipinski definition) is 2. The molecule has 0 amide bonds. The van der Waals surface area contributed by atoms with E-state index in [1.54, 1.807) is 6.07 Å². The molecular formula is C19H24N4O3. The number of aryl methyl sites for hydroxylation is 1. The zero-order valence-corrected chi connectivity index (χ0v) is 15.2. The molecular weight excluding hydrogens is 332 g/mol. The summed E-state index contributed by atoms with van der Waals surface area (Å²) in [4.78, 5) is 22.9. The number of carbonyl (C=O) groups is 1. The molecule has 1 aromatic carbocycles. The van der Waals surface area contributed by atoms with E-state index in [9.17, 15) is 4.79 Å². The maximum atomic E-state index is 11.7. The largest absolute Gasteiger partial charge is 0.465 e. The molecule has 26 heavy (non-hydrogen) atoms. The van der Waals surface area contributed by atoms with E-state index in [4.69, 9.17) is 9.84 Å². The number of aliphatic hydroxyl groups is 1. The first-order valence-corrected chi connectivity index (χ1v) is 8.76. The molecule has 2 N–H and O–H groups in total. The van der Waals surface area contributed by atoms with E-state index in [2.05, 4.69) is 20.2 Å². The normalized spacial score (nSPS) is 13.3. The Hall–Kier alpha value is -2.67. The zero-order valence-electron chi connectivity index (χ0n) is 15.2. The lowest BCUT2D eigenvalue weighted by Gasteiger charge is -2.30. The molecule has 7 nitrogen and oxygen atoms in total. The Balaban J connectivity index is 1.77. The van der Waals surface area contributed by atoms with Crippen molar-refractivity contribution >= 4 is 17.7 Å². The van der Waals surface area contributed by atoms with Gasteiger partial charge in [-0.2, -0.15) is 4.98 Å². The lowest BCUT2D eigenvalue weighted by atomic mass is 9.97. The molecule has 3 rings (SSSR count). The van der Waals surface area contributed by atoms with Crippen molar-refractivity contribution in [3.8, 4) is 0 Å². The maximum absolute atomic E-state index is 11.7. The van der Waals surface area contributed by atoms with Crippen molar-refractivity contribution in [3.63, 3.8) is 0 Å². The van der Waals surface area contributed by atoms with Crippen LogP contribution in [-0.2, 0) is 17.7 Å². The van der Waals surface area contributed by atoms with E-state index < -0.39 is 0 Å². The quantitative estimate of drug-likeness (QED) is 0.604. The number of aromatic nitrogens is 2. The van der Waals surface area contributed by atoms with E-state index >= 15 is 0 Å². The molecule has 0 spiro atoms. The Labute approximate surface area is 153 Å². The second kappa shape index (κ2) is 8.14. The van der Waals surface area contributed by atoms with Crippen molar-refractivity contribution in [2.24, 2.45) is 0 Å². The van der Waals surface area contributed by atoms with Crippen molar-refractivity contribution in [1.82, 2.24) is 9.97 Å². The van der Waals surface area contributed by atoms with Crippen molar-refractivity contribution in [2.45, 2.75) is 26.3 Å². The van der Waals surface area contributed by atoms with E-state index in [-0.39, 0.29) is 12.6 Å². The summed E-state index contributed by atoms with van der Waals surface area (Å²) in [6.45, 7) is 4.29. The van der Waals surface area contributed by atoms with Gasteiger partial charge in [0.15, 0.2) is 0 Å². The summed E-state index contributed by atoms with van der Waals surface area (Å²) in [7, 11) is 1.40. The van der Waals surface area contributed by atoms with Crippen LogP contribution < -0.4 is 10.2 Å². The van der Waals surface area contributed by atoms with Crippen LogP contribution in [0.15, 0.2) is 24.3 Å². The minimum absolute atomic E-state index is 0.141. The van der Waals surface area contributed by atoms with Crippen molar-refractivity contribution in [2.75, 3.05) is 37.0 Å². The van der Waals surface area contributed by atoms with E-state index in [0.717, 1.165) is 31.0 Å². The molecule has 0 fully saturated rings. The topological polar surface area (TPSA) is 87.6 Å². The standard InChI is InChI=1S/C19H24N4O3/c1-13-10-17(22-19(21-13)20-7-3-9-24)23-8-6-14-11-15(18(25)26-2)4-5-16(14)12-23/h4-5,10-11,24H,3,6-9,12H2,1-2H3,(H,20,21,22). The smallest absolute Gasteiger partial charge is 0.337 e. The Kier molecular flexibility index (Phi) is 5.68. The van der Waals surface area contributed by atoms with Gasteiger partial charge >= 0.3 is 5.97 Å². The molecule has 0 saturated heterocycles. The number of nitrogens with one attached hydrogen (secondary N) is 1. The van der Waals surface area contributed by atoms with E-state index in [1.165, 1.54) is 18.2 Å². The third-order valence-electron chi connectivity index (χ3n) is 4.42. The number of benzene rings is 1. The molecule has 138 valence electrons. The number of esters is 1. The summed E-state index contributed by atoms with van der Waals surface area (Å²) in [5.41, 5.74) is 3.85. The molecule has 0 saturated carbocycles. The van der Waals surface area contributed by atoms with Crippen LogP contribution in [0.1, 0.15) is 33.6 Å². The number of methoxy groups -OCH3 is 1. The van der Waals surface area contributed by atoms with Crippen LogP contribution in [0.3, 0.4) is 0 Å². The summed E-state index contributed by atoms with van der Waals surface area (Å²) in [6, 6.07) is 7.69. The van der Waals surface area contributed by atoms with E-state index in [0.29, 0.717) is 24.5 Å². The van der Waals surface area contributed by atoms with Crippen LogP contribution >= 0.6 is 0 Å². The van der Waals surface area contributed by atoms with Gasteiger partial charge < -0.3 is 20.1 Å². The highest BCUT2D eigenvalue weighted by atomic mass is 16.5.